The number of carbonyl (C=O) groups excluding carboxylic acids is 2. The number of carbonyl (C=O) groups is 2. The fourth-order valence-corrected chi connectivity index (χ4v) is 10.1. The molecule has 2 aromatic carbocycles. The number of rotatable bonds is 6. The number of hydrogen-bond acceptors (Lipinski definition) is 8. The molecule has 45 heavy (non-hydrogen) atoms. The Hall–Kier alpha value is -3.30. The smallest absolute Gasteiger partial charge is 0.193 e. The minimum absolute atomic E-state index is 0.0131. The summed E-state index contributed by atoms with van der Waals surface area (Å²) >= 11 is 0. The summed E-state index contributed by atoms with van der Waals surface area (Å²) in [5.41, 5.74) is 1.15. The first-order valence-electron chi connectivity index (χ1n) is 16.1. The van der Waals surface area contributed by atoms with E-state index in [4.69, 9.17) is 9.47 Å². The van der Waals surface area contributed by atoms with Crippen molar-refractivity contribution in [1.29, 1.82) is 0 Å². The highest BCUT2D eigenvalue weighted by molar-refractivity contribution is 6.01. The van der Waals surface area contributed by atoms with E-state index >= 15 is 0 Å². The summed E-state index contributed by atoms with van der Waals surface area (Å²) < 4.78 is 13.3. The van der Waals surface area contributed by atoms with Gasteiger partial charge in [-0.15, -0.1) is 0 Å². The molecule has 0 unspecified atom stereocenters. The number of ketones is 2. The second-order valence-corrected chi connectivity index (χ2v) is 14.4. The van der Waals surface area contributed by atoms with Gasteiger partial charge in [0.05, 0.1) is 12.2 Å². The molecule has 7 rings (SSSR count). The van der Waals surface area contributed by atoms with E-state index in [2.05, 4.69) is 19.2 Å². The van der Waals surface area contributed by atoms with Crippen LogP contribution in [0.5, 0.6) is 5.75 Å². The van der Waals surface area contributed by atoms with Crippen molar-refractivity contribution < 1.29 is 34.4 Å². The summed E-state index contributed by atoms with van der Waals surface area (Å²) in [6.07, 6.45) is 5.93. The molecule has 2 aromatic rings. The van der Waals surface area contributed by atoms with Crippen LogP contribution in [0.15, 0.2) is 66.3 Å². The highest BCUT2D eigenvalue weighted by atomic mass is 16.7. The van der Waals surface area contributed by atoms with Gasteiger partial charge in [0.1, 0.15) is 12.4 Å². The molecule has 0 amide bonds. The maximum absolute atomic E-state index is 13.9. The summed E-state index contributed by atoms with van der Waals surface area (Å²) in [5.74, 6) is -0.318. The summed E-state index contributed by atoms with van der Waals surface area (Å²) in [4.78, 5) is 26.1. The van der Waals surface area contributed by atoms with Gasteiger partial charge in [0.15, 0.2) is 23.5 Å². The van der Waals surface area contributed by atoms with E-state index in [1.165, 1.54) is 0 Å². The van der Waals surface area contributed by atoms with E-state index < -0.39 is 52.7 Å². The number of hydrogen-bond donors (Lipinski definition) is 4. The fraction of sp³-hybridized carbons (Fsp3) is 0.514. The van der Waals surface area contributed by atoms with Crippen LogP contribution < -0.4 is 5.32 Å². The number of allylic oxidation sites excluding steroid dienone is 4. The molecule has 4 aliphatic carbocycles. The molecule has 238 valence electrons. The van der Waals surface area contributed by atoms with Crippen LogP contribution >= 0.6 is 0 Å². The van der Waals surface area contributed by atoms with Crippen molar-refractivity contribution in [2.75, 3.05) is 19.0 Å². The topological polar surface area (TPSA) is 125 Å². The average Bonchev–Trinajstić information content (AvgIpc) is 3.52. The number of aliphatic hydroxyl groups is 2. The molecule has 0 radical (unpaired) electrons. The van der Waals surface area contributed by atoms with E-state index in [9.17, 15) is 24.9 Å². The number of phenols is 1. The number of aliphatic hydroxyl groups excluding tert-OH is 2. The largest absolute Gasteiger partial charge is 0.508 e. The van der Waals surface area contributed by atoms with Gasteiger partial charge in [-0.2, -0.15) is 0 Å². The van der Waals surface area contributed by atoms with Crippen molar-refractivity contribution in [1.82, 2.24) is 0 Å². The lowest BCUT2D eigenvalue weighted by atomic mass is 9.39. The van der Waals surface area contributed by atoms with E-state index in [1.807, 2.05) is 56.4 Å². The molecular weight excluding hydrogens is 570 g/mol. The van der Waals surface area contributed by atoms with Crippen LogP contribution in [0.1, 0.15) is 69.4 Å². The van der Waals surface area contributed by atoms with Gasteiger partial charge in [-0.3, -0.25) is 9.59 Å². The molecule has 9 atom stereocenters. The first kappa shape index (κ1) is 30.4. The van der Waals surface area contributed by atoms with Crippen LogP contribution in [0.2, 0.25) is 0 Å². The van der Waals surface area contributed by atoms with Crippen molar-refractivity contribution >= 4 is 17.3 Å². The summed E-state index contributed by atoms with van der Waals surface area (Å²) in [7, 11) is 1.87. The number of nitrogens with one attached hydrogen (secondary N) is 1. The zero-order chi connectivity index (χ0) is 31.9. The first-order chi connectivity index (χ1) is 21.4. The summed E-state index contributed by atoms with van der Waals surface area (Å²) in [5, 5.41) is 36.5. The number of aromatic hydroxyl groups is 1. The number of benzene rings is 2. The minimum Gasteiger partial charge on any atom is -0.508 e. The highest BCUT2D eigenvalue weighted by Crippen LogP contribution is 2.74. The van der Waals surface area contributed by atoms with Crippen LogP contribution in [0, 0.1) is 28.1 Å². The number of ether oxygens (including phenoxy) is 2. The predicted molar refractivity (Wildman–Crippen MR) is 168 cm³/mol. The Morgan fingerprint density at radius 1 is 1.11 bits per heavy atom. The second kappa shape index (κ2) is 10.4. The standard InChI is InChI=1S/C37H43NO7/c1-34-13-12-26(40)17-24(34)10-11-27-28-18-32-37(31(43)20-39,35(28,2)19-30(42)36(27,34)3)45-33(44-32)23-9-8-22(29(41)16-23)14-21-6-5-7-25(15-21)38-4/h5-9,12-13,15-17,27-28,30,32-33,38-39,41-42H,10-11,14,18-20H2,1-4H3/t27-,28-,30-,32+,33+,34-,35-,36+,37+/m0/s1. The third-order valence-electron chi connectivity index (χ3n) is 12.7. The molecule has 1 saturated heterocycles. The van der Waals surface area contributed by atoms with Crippen molar-refractivity contribution in [2.45, 2.75) is 77.0 Å². The molecule has 1 aliphatic heterocycles. The van der Waals surface area contributed by atoms with E-state index in [1.54, 1.807) is 18.2 Å². The average molecular weight is 614 g/mol. The van der Waals surface area contributed by atoms with Crippen LogP contribution in [0.3, 0.4) is 0 Å². The monoisotopic (exact) mass is 613 g/mol. The molecule has 0 spiro atoms. The van der Waals surface area contributed by atoms with Gasteiger partial charge < -0.3 is 30.1 Å². The summed E-state index contributed by atoms with van der Waals surface area (Å²) in [6.45, 7) is 5.58. The first-order valence-corrected chi connectivity index (χ1v) is 16.1. The van der Waals surface area contributed by atoms with Crippen molar-refractivity contribution in [3.63, 3.8) is 0 Å². The fourth-order valence-electron chi connectivity index (χ4n) is 10.1. The molecule has 8 heteroatoms. The Labute approximate surface area is 264 Å². The quantitative estimate of drug-likeness (QED) is 0.358. The van der Waals surface area contributed by atoms with Crippen LogP contribution in [-0.4, -0.2) is 58.3 Å². The second-order valence-electron chi connectivity index (χ2n) is 14.4. The van der Waals surface area contributed by atoms with E-state index in [0.29, 0.717) is 24.8 Å². The molecule has 0 bridgehead atoms. The lowest BCUT2D eigenvalue weighted by Gasteiger charge is -2.65. The molecule has 1 heterocycles. The molecular formula is C37H43NO7. The van der Waals surface area contributed by atoms with Gasteiger partial charge in [0.2, 0.25) is 0 Å². The Balaban J connectivity index is 1.20. The lowest BCUT2D eigenvalue weighted by Crippen LogP contribution is -2.67. The number of anilines is 1. The normalized spacial score (nSPS) is 39.8. The van der Waals surface area contributed by atoms with Gasteiger partial charge in [-0.05, 0) is 79.0 Å². The third kappa shape index (κ3) is 4.05. The van der Waals surface area contributed by atoms with Gasteiger partial charge in [-0.25, -0.2) is 0 Å². The molecule has 8 nitrogen and oxygen atoms in total. The highest BCUT2D eigenvalue weighted by Gasteiger charge is 2.77. The Morgan fingerprint density at radius 3 is 2.64 bits per heavy atom. The Morgan fingerprint density at radius 2 is 1.91 bits per heavy atom. The SMILES string of the molecule is CNc1cccc(Cc2ccc([C@@H]3O[C@@H]4C[C@H]5[C@@H]6CCC7=CC(=O)C=C[C@]7(C)[C@@]6(C)[C@@H](O)C[C@]5(C)[C@]4(C(=O)CO)O3)cc2O)c1. The molecule has 5 aliphatic rings. The van der Waals surface area contributed by atoms with Crippen molar-refractivity contribution in [3.8, 4) is 5.75 Å². The Kier molecular flexibility index (Phi) is 6.99. The van der Waals surface area contributed by atoms with Crippen molar-refractivity contribution in [3.05, 3.63) is 83.0 Å². The zero-order valence-electron chi connectivity index (χ0n) is 26.4. The van der Waals surface area contributed by atoms with Crippen LogP contribution in [-0.2, 0) is 25.5 Å². The van der Waals surface area contributed by atoms with E-state index in [0.717, 1.165) is 35.2 Å². The number of fused-ring (bicyclic) bond motifs is 7. The number of Topliss-reactive ketones (excluding diaryl/α,β-unsaturated/α-hetero) is 1. The van der Waals surface area contributed by atoms with Crippen LogP contribution in [0.4, 0.5) is 5.69 Å². The lowest BCUT2D eigenvalue weighted by molar-refractivity contribution is -0.223. The Bertz CT molecular complexity index is 1630. The maximum atomic E-state index is 13.9. The van der Waals surface area contributed by atoms with Gasteiger partial charge in [-0.1, -0.05) is 56.7 Å². The van der Waals surface area contributed by atoms with E-state index in [-0.39, 0.29) is 23.4 Å². The van der Waals surface area contributed by atoms with Crippen molar-refractivity contribution in [2.24, 2.45) is 28.1 Å². The number of phenolic OH excluding ortho intramolecular Hbond substituents is 1. The molecule has 3 saturated carbocycles. The molecule has 4 fully saturated rings. The minimum atomic E-state index is -1.45. The predicted octanol–water partition coefficient (Wildman–Crippen LogP) is 5.02. The van der Waals surface area contributed by atoms with Gasteiger partial charge in [0, 0.05) is 41.0 Å². The summed E-state index contributed by atoms with van der Waals surface area (Å²) in [6, 6.07) is 13.4. The molecule has 4 N–H and O–H groups in total. The van der Waals surface area contributed by atoms with Crippen LogP contribution in [0.25, 0.3) is 0 Å². The van der Waals surface area contributed by atoms with Gasteiger partial charge >= 0.3 is 0 Å². The maximum Gasteiger partial charge on any atom is 0.193 e. The van der Waals surface area contributed by atoms with Gasteiger partial charge in [0.25, 0.3) is 0 Å². The third-order valence-corrected chi connectivity index (χ3v) is 12.7. The molecule has 0 aromatic heterocycles. The zero-order valence-corrected chi connectivity index (χ0v) is 26.4.